The summed E-state index contributed by atoms with van der Waals surface area (Å²) >= 11 is 0. The highest BCUT2D eigenvalue weighted by atomic mass is 16.2. The second-order valence-electron chi connectivity index (χ2n) is 6.00. The van der Waals surface area contributed by atoms with Crippen molar-refractivity contribution in [3.05, 3.63) is 41.7 Å². The number of hydrogen-bond donors (Lipinski definition) is 0. The van der Waals surface area contributed by atoms with Crippen molar-refractivity contribution >= 4 is 5.91 Å². The lowest BCUT2D eigenvalue weighted by molar-refractivity contribution is -0.131. The van der Waals surface area contributed by atoms with E-state index in [-0.39, 0.29) is 12.5 Å². The van der Waals surface area contributed by atoms with Crippen LogP contribution in [0.5, 0.6) is 0 Å². The summed E-state index contributed by atoms with van der Waals surface area (Å²) in [6.07, 6.45) is 2.46. The van der Waals surface area contributed by atoms with Crippen molar-refractivity contribution < 1.29 is 4.79 Å². The van der Waals surface area contributed by atoms with Gasteiger partial charge in [0.1, 0.15) is 12.9 Å². The molecule has 7 heteroatoms. The first kappa shape index (κ1) is 15.6. The standard InChI is InChI=1S/C16H22N6O/c1-14-3-5-15(6-4-14)11-20-7-2-8-21(10-9-20)16(23)12-22-13-17-18-19-22/h3-6,13H,2,7-12H2,1H3. The summed E-state index contributed by atoms with van der Waals surface area (Å²) in [4.78, 5) is 16.6. The van der Waals surface area contributed by atoms with Gasteiger partial charge in [-0.3, -0.25) is 9.69 Å². The molecule has 1 amide bonds. The van der Waals surface area contributed by atoms with Crippen molar-refractivity contribution in [1.29, 1.82) is 0 Å². The van der Waals surface area contributed by atoms with Crippen molar-refractivity contribution in [2.45, 2.75) is 26.4 Å². The van der Waals surface area contributed by atoms with Crippen molar-refractivity contribution in [2.75, 3.05) is 26.2 Å². The number of aryl methyl sites for hydroxylation is 1. The minimum Gasteiger partial charge on any atom is -0.340 e. The van der Waals surface area contributed by atoms with Gasteiger partial charge < -0.3 is 4.90 Å². The molecule has 1 aromatic carbocycles. The van der Waals surface area contributed by atoms with E-state index in [0.717, 1.165) is 39.1 Å². The number of benzene rings is 1. The van der Waals surface area contributed by atoms with E-state index in [9.17, 15) is 4.79 Å². The molecule has 122 valence electrons. The Kier molecular flexibility index (Phi) is 4.97. The Morgan fingerprint density at radius 3 is 2.70 bits per heavy atom. The van der Waals surface area contributed by atoms with Crippen LogP contribution in [-0.2, 0) is 17.9 Å². The first-order chi connectivity index (χ1) is 11.2. The lowest BCUT2D eigenvalue weighted by Crippen LogP contribution is -2.37. The van der Waals surface area contributed by atoms with E-state index < -0.39 is 0 Å². The third-order valence-electron chi connectivity index (χ3n) is 4.16. The van der Waals surface area contributed by atoms with E-state index in [1.807, 2.05) is 4.90 Å². The summed E-state index contributed by atoms with van der Waals surface area (Å²) in [5.41, 5.74) is 2.60. The third-order valence-corrected chi connectivity index (χ3v) is 4.16. The molecule has 2 aromatic rings. The molecule has 0 spiro atoms. The SMILES string of the molecule is Cc1ccc(CN2CCCN(C(=O)Cn3cnnn3)CC2)cc1. The predicted molar refractivity (Wildman–Crippen MR) is 85.5 cm³/mol. The number of rotatable bonds is 4. The molecule has 23 heavy (non-hydrogen) atoms. The Morgan fingerprint density at radius 2 is 1.96 bits per heavy atom. The lowest BCUT2D eigenvalue weighted by atomic mass is 10.1. The Balaban J connectivity index is 1.52. The maximum absolute atomic E-state index is 12.3. The zero-order valence-corrected chi connectivity index (χ0v) is 13.4. The summed E-state index contributed by atoms with van der Waals surface area (Å²) in [6, 6.07) is 8.66. The molecule has 3 rings (SSSR count). The van der Waals surface area contributed by atoms with E-state index in [2.05, 4.69) is 51.6 Å². The van der Waals surface area contributed by atoms with Crippen LogP contribution in [-0.4, -0.2) is 62.1 Å². The average molecular weight is 314 g/mol. The van der Waals surface area contributed by atoms with Gasteiger partial charge in [-0.1, -0.05) is 29.8 Å². The highest BCUT2D eigenvalue weighted by Gasteiger charge is 2.19. The van der Waals surface area contributed by atoms with Crippen LogP contribution in [0.4, 0.5) is 0 Å². The number of nitrogens with zero attached hydrogens (tertiary/aromatic N) is 6. The molecule has 2 heterocycles. The Labute approximate surface area is 135 Å². The van der Waals surface area contributed by atoms with Crippen LogP contribution in [0.3, 0.4) is 0 Å². The summed E-state index contributed by atoms with van der Waals surface area (Å²) in [5.74, 6) is 0.0782. The molecule has 1 aliphatic rings. The molecule has 0 atom stereocenters. The second-order valence-corrected chi connectivity index (χ2v) is 6.00. The highest BCUT2D eigenvalue weighted by Crippen LogP contribution is 2.10. The highest BCUT2D eigenvalue weighted by molar-refractivity contribution is 5.75. The molecule has 0 N–H and O–H groups in total. The number of aromatic nitrogens is 4. The van der Waals surface area contributed by atoms with Gasteiger partial charge in [0.05, 0.1) is 0 Å². The quantitative estimate of drug-likeness (QED) is 0.832. The monoisotopic (exact) mass is 314 g/mol. The maximum Gasteiger partial charge on any atom is 0.244 e. The van der Waals surface area contributed by atoms with Crippen LogP contribution >= 0.6 is 0 Å². The summed E-state index contributed by atoms with van der Waals surface area (Å²) < 4.78 is 1.47. The Hall–Kier alpha value is -2.28. The van der Waals surface area contributed by atoms with E-state index in [1.165, 1.54) is 22.1 Å². The van der Waals surface area contributed by atoms with Crippen molar-refractivity contribution in [3.8, 4) is 0 Å². The summed E-state index contributed by atoms with van der Waals surface area (Å²) in [6.45, 7) is 6.72. The molecule has 1 aliphatic heterocycles. The molecule has 1 aromatic heterocycles. The number of tetrazole rings is 1. The first-order valence-electron chi connectivity index (χ1n) is 7.97. The van der Waals surface area contributed by atoms with E-state index in [0.29, 0.717) is 0 Å². The predicted octanol–water partition coefficient (Wildman–Crippen LogP) is 0.716. The minimum absolute atomic E-state index is 0.0782. The van der Waals surface area contributed by atoms with Crippen LogP contribution in [0.25, 0.3) is 0 Å². The fourth-order valence-electron chi connectivity index (χ4n) is 2.82. The van der Waals surface area contributed by atoms with Gasteiger partial charge in [0, 0.05) is 32.7 Å². The van der Waals surface area contributed by atoms with Crippen LogP contribution < -0.4 is 0 Å². The van der Waals surface area contributed by atoms with Gasteiger partial charge in [-0.2, -0.15) is 0 Å². The van der Waals surface area contributed by atoms with E-state index in [1.54, 1.807) is 0 Å². The van der Waals surface area contributed by atoms with Crippen molar-refractivity contribution in [3.63, 3.8) is 0 Å². The second kappa shape index (κ2) is 7.32. The summed E-state index contributed by atoms with van der Waals surface area (Å²) in [7, 11) is 0. The number of carbonyl (C=O) groups excluding carboxylic acids is 1. The Bertz CT molecular complexity index is 625. The smallest absolute Gasteiger partial charge is 0.244 e. The number of carbonyl (C=O) groups is 1. The molecule has 0 radical (unpaired) electrons. The largest absolute Gasteiger partial charge is 0.340 e. The van der Waals surface area contributed by atoms with Gasteiger partial charge >= 0.3 is 0 Å². The van der Waals surface area contributed by atoms with Gasteiger partial charge in [0.25, 0.3) is 0 Å². The van der Waals surface area contributed by atoms with Crippen LogP contribution in [0.2, 0.25) is 0 Å². The maximum atomic E-state index is 12.3. The van der Waals surface area contributed by atoms with Gasteiger partial charge in [-0.05, 0) is 29.3 Å². The zero-order chi connectivity index (χ0) is 16.1. The number of amides is 1. The van der Waals surface area contributed by atoms with Gasteiger partial charge in [-0.25, -0.2) is 4.68 Å². The fourth-order valence-corrected chi connectivity index (χ4v) is 2.82. The molecule has 0 aliphatic carbocycles. The molecule has 0 bridgehead atoms. The van der Waals surface area contributed by atoms with Crippen molar-refractivity contribution in [1.82, 2.24) is 30.0 Å². The van der Waals surface area contributed by atoms with Crippen LogP contribution in [0.1, 0.15) is 17.5 Å². The Morgan fingerprint density at radius 1 is 1.13 bits per heavy atom. The molecule has 7 nitrogen and oxygen atoms in total. The average Bonchev–Trinajstić information content (AvgIpc) is 2.94. The molecule has 0 unspecified atom stereocenters. The molecule has 1 saturated heterocycles. The van der Waals surface area contributed by atoms with Crippen LogP contribution in [0.15, 0.2) is 30.6 Å². The van der Waals surface area contributed by atoms with E-state index in [4.69, 9.17) is 0 Å². The lowest BCUT2D eigenvalue weighted by Gasteiger charge is -2.22. The van der Waals surface area contributed by atoms with Crippen molar-refractivity contribution in [2.24, 2.45) is 0 Å². The summed E-state index contributed by atoms with van der Waals surface area (Å²) in [5, 5.41) is 10.9. The van der Waals surface area contributed by atoms with Gasteiger partial charge in [-0.15, -0.1) is 5.10 Å². The molecule has 1 fully saturated rings. The molecular formula is C16H22N6O. The first-order valence-corrected chi connectivity index (χ1v) is 7.97. The fraction of sp³-hybridized carbons (Fsp3) is 0.500. The normalized spacial score (nSPS) is 16.3. The third kappa shape index (κ3) is 4.35. The molecular weight excluding hydrogens is 292 g/mol. The van der Waals surface area contributed by atoms with E-state index >= 15 is 0 Å². The minimum atomic E-state index is 0.0782. The number of hydrogen-bond acceptors (Lipinski definition) is 5. The van der Waals surface area contributed by atoms with Gasteiger partial charge in [0.2, 0.25) is 5.91 Å². The van der Waals surface area contributed by atoms with Gasteiger partial charge in [0.15, 0.2) is 0 Å². The topological polar surface area (TPSA) is 67.2 Å². The van der Waals surface area contributed by atoms with Crippen LogP contribution in [0, 0.1) is 6.92 Å². The molecule has 0 saturated carbocycles. The zero-order valence-electron chi connectivity index (χ0n) is 13.4.